The second-order valence-corrected chi connectivity index (χ2v) is 9.05. The van der Waals surface area contributed by atoms with E-state index >= 15 is 0 Å². The fraction of sp³-hybridized carbons (Fsp3) is 0.448. The first-order valence-corrected chi connectivity index (χ1v) is 12.9. The molecule has 0 bridgehead atoms. The molecule has 0 aliphatic carbocycles. The van der Waals surface area contributed by atoms with Crippen LogP contribution in [0.2, 0.25) is 0 Å². The fourth-order valence-electron chi connectivity index (χ4n) is 4.35. The number of hydrogen-bond donors (Lipinski definition) is 0. The summed E-state index contributed by atoms with van der Waals surface area (Å²) in [5.41, 5.74) is 1.10. The average Bonchev–Trinajstić information content (AvgIpc) is 2.91. The van der Waals surface area contributed by atoms with Crippen molar-refractivity contribution in [3.8, 4) is 5.75 Å². The largest absolute Gasteiger partial charge is 0.496 e. The molecule has 1 heterocycles. The third kappa shape index (κ3) is 7.92. The van der Waals surface area contributed by atoms with Crippen molar-refractivity contribution in [3.05, 3.63) is 71.6 Å². The van der Waals surface area contributed by atoms with E-state index in [-0.39, 0.29) is 17.4 Å². The summed E-state index contributed by atoms with van der Waals surface area (Å²) < 4.78 is 19.4. The zero-order chi connectivity index (χ0) is 25.8. The van der Waals surface area contributed by atoms with Gasteiger partial charge in [0.15, 0.2) is 0 Å². The number of para-hydroxylation sites is 1. The number of methoxy groups -OCH3 is 1. The van der Waals surface area contributed by atoms with Crippen molar-refractivity contribution in [3.63, 3.8) is 0 Å². The fourth-order valence-corrected chi connectivity index (χ4v) is 4.35. The highest BCUT2D eigenvalue weighted by Gasteiger charge is 2.24. The number of hydrogen-bond acceptors (Lipinski definition) is 4. The molecule has 0 spiro atoms. The molecule has 1 fully saturated rings. The van der Waals surface area contributed by atoms with E-state index in [9.17, 15) is 14.0 Å². The van der Waals surface area contributed by atoms with Crippen molar-refractivity contribution in [1.29, 1.82) is 0 Å². The summed E-state index contributed by atoms with van der Waals surface area (Å²) >= 11 is 0. The van der Waals surface area contributed by atoms with Gasteiger partial charge in [0.25, 0.3) is 5.91 Å². The summed E-state index contributed by atoms with van der Waals surface area (Å²) in [6.45, 7) is 6.54. The molecule has 2 amide bonds. The lowest BCUT2D eigenvalue weighted by atomic mass is 10.1. The van der Waals surface area contributed by atoms with Gasteiger partial charge in [0.05, 0.1) is 12.7 Å². The minimum atomic E-state index is -0.483. The van der Waals surface area contributed by atoms with Crippen molar-refractivity contribution >= 4 is 17.9 Å². The molecule has 0 N–H and O–H groups in total. The molecule has 0 radical (unpaired) electrons. The van der Waals surface area contributed by atoms with Crippen LogP contribution in [0.25, 0.3) is 6.08 Å². The molecule has 1 saturated heterocycles. The lowest BCUT2D eigenvalue weighted by molar-refractivity contribution is -0.131. The van der Waals surface area contributed by atoms with Crippen LogP contribution < -0.4 is 4.74 Å². The quantitative estimate of drug-likeness (QED) is 0.400. The van der Waals surface area contributed by atoms with Gasteiger partial charge < -0.3 is 14.5 Å². The van der Waals surface area contributed by atoms with E-state index in [2.05, 4.69) is 11.8 Å². The molecule has 194 valence electrons. The highest BCUT2D eigenvalue weighted by molar-refractivity contribution is 5.94. The number of piperazine rings is 1. The van der Waals surface area contributed by atoms with Crippen LogP contribution in [-0.2, 0) is 4.79 Å². The Hall–Kier alpha value is -3.19. The molecule has 0 saturated carbocycles. The lowest BCUT2D eigenvalue weighted by Crippen LogP contribution is -2.50. The second-order valence-electron chi connectivity index (χ2n) is 9.05. The van der Waals surface area contributed by atoms with Crippen LogP contribution in [0.15, 0.2) is 54.6 Å². The molecule has 6 nitrogen and oxygen atoms in total. The standard InChI is InChI=1S/C29H38FN3O3/c1-3-4-5-16-28(34)32(17-10-12-24-11-6-9-15-27(24)36-2)21-18-31-19-22-33(23-20-31)29(35)25-13-7-8-14-26(25)30/h6-15H,3-5,16-23H2,1-2H3/b12-10+. The molecule has 0 unspecified atom stereocenters. The molecule has 1 aliphatic rings. The van der Waals surface area contributed by atoms with Crippen molar-refractivity contribution < 1.29 is 18.7 Å². The Labute approximate surface area is 214 Å². The van der Waals surface area contributed by atoms with E-state index in [4.69, 9.17) is 4.74 Å². The minimum absolute atomic E-state index is 0.122. The number of amides is 2. The normalized spacial score (nSPS) is 14.2. The lowest BCUT2D eigenvalue weighted by Gasteiger charge is -2.36. The topological polar surface area (TPSA) is 53.1 Å². The van der Waals surface area contributed by atoms with Crippen LogP contribution in [0.1, 0.15) is 48.5 Å². The number of unbranched alkanes of at least 4 members (excludes halogenated alkanes) is 2. The maximum Gasteiger partial charge on any atom is 0.256 e. The molecular weight excluding hydrogens is 457 g/mol. The van der Waals surface area contributed by atoms with E-state index in [1.54, 1.807) is 24.1 Å². The third-order valence-corrected chi connectivity index (χ3v) is 6.56. The van der Waals surface area contributed by atoms with E-state index in [1.165, 1.54) is 12.1 Å². The van der Waals surface area contributed by atoms with Gasteiger partial charge in [0.2, 0.25) is 5.91 Å². The molecule has 36 heavy (non-hydrogen) atoms. The maximum atomic E-state index is 14.0. The molecule has 7 heteroatoms. The third-order valence-electron chi connectivity index (χ3n) is 6.56. The van der Waals surface area contributed by atoms with Gasteiger partial charge in [-0.1, -0.05) is 62.2 Å². The summed E-state index contributed by atoms with van der Waals surface area (Å²) in [7, 11) is 1.65. The first-order valence-electron chi connectivity index (χ1n) is 12.9. The number of carbonyl (C=O) groups excluding carboxylic acids is 2. The minimum Gasteiger partial charge on any atom is -0.496 e. The number of rotatable bonds is 12. The van der Waals surface area contributed by atoms with Crippen molar-refractivity contribution in [2.45, 2.75) is 32.6 Å². The molecule has 2 aromatic rings. The molecular formula is C29H38FN3O3. The summed E-state index contributed by atoms with van der Waals surface area (Å²) in [5.74, 6) is 0.226. The van der Waals surface area contributed by atoms with Crippen LogP contribution in [0, 0.1) is 5.82 Å². The highest BCUT2D eigenvalue weighted by atomic mass is 19.1. The average molecular weight is 496 g/mol. The van der Waals surface area contributed by atoms with E-state index < -0.39 is 5.82 Å². The predicted molar refractivity (Wildman–Crippen MR) is 141 cm³/mol. The van der Waals surface area contributed by atoms with Crippen LogP contribution in [0.5, 0.6) is 5.75 Å². The Morgan fingerprint density at radius 1 is 1.03 bits per heavy atom. The Balaban J connectivity index is 1.54. The van der Waals surface area contributed by atoms with Gasteiger partial charge in [-0.2, -0.15) is 0 Å². The SMILES string of the molecule is CCCCCC(=O)N(C/C=C/c1ccccc1OC)CCN1CCN(C(=O)c2ccccc2F)CC1. The predicted octanol–water partition coefficient (Wildman–Crippen LogP) is 4.71. The second kappa shape index (κ2) is 14.4. The molecule has 2 aromatic carbocycles. The van der Waals surface area contributed by atoms with Crippen LogP contribution >= 0.6 is 0 Å². The molecule has 1 aliphatic heterocycles. The Bertz CT molecular complexity index is 1020. The van der Waals surface area contributed by atoms with Gasteiger partial charge in [0.1, 0.15) is 11.6 Å². The van der Waals surface area contributed by atoms with Crippen LogP contribution in [0.4, 0.5) is 4.39 Å². The van der Waals surface area contributed by atoms with Crippen molar-refractivity contribution in [2.24, 2.45) is 0 Å². The van der Waals surface area contributed by atoms with Gasteiger partial charge in [0, 0.05) is 57.8 Å². The van der Waals surface area contributed by atoms with E-state index in [0.717, 1.165) is 37.1 Å². The number of benzene rings is 2. The van der Waals surface area contributed by atoms with Gasteiger partial charge in [-0.25, -0.2) is 4.39 Å². The number of nitrogens with zero attached hydrogens (tertiary/aromatic N) is 3. The first-order chi connectivity index (χ1) is 17.5. The summed E-state index contributed by atoms with van der Waals surface area (Å²) in [4.78, 5) is 31.5. The molecule has 0 aromatic heterocycles. The Morgan fingerprint density at radius 3 is 2.47 bits per heavy atom. The molecule has 3 rings (SSSR count). The van der Waals surface area contributed by atoms with Gasteiger partial charge in [-0.15, -0.1) is 0 Å². The van der Waals surface area contributed by atoms with Crippen LogP contribution in [0.3, 0.4) is 0 Å². The van der Waals surface area contributed by atoms with Crippen LogP contribution in [-0.4, -0.2) is 79.4 Å². The van der Waals surface area contributed by atoms with E-state index in [0.29, 0.717) is 45.7 Å². The summed E-state index contributed by atoms with van der Waals surface area (Å²) in [6, 6.07) is 13.9. The van der Waals surface area contributed by atoms with Gasteiger partial charge >= 0.3 is 0 Å². The zero-order valence-corrected chi connectivity index (χ0v) is 21.5. The number of ether oxygens (including phenoxy) is 1. The Morgan fingerprint density at radius 2 is 1.75 bits per heavy atom. The van der Waals surface area contributed by atoms with Crippen molar-refractivity contribution in [2.75, 3.05) is 52.9 Å². The van der Waals surface area contributed by atoms with Crippen molar-refractivity contribution in [1.82, 2.24) is 14.7 Å². The summed E-state index contributed by atoms with van der Waals surface area (Å²) in [6.07, 6.45) is 7.60. The van der Waals surface area contributed by atoms with Gasteiger partial charge in [-0.3, -0.25) is 14.5 Å². The number of halogens is 1. The van der Waals surface area contributed by atoms with Gasteiger partial charge in [-0.05, 0) is 24.6 Å². The van der Waals surface area contributed by atoms with E-state index in [1.807, 2.05) is 41.3 Å². The zero-order valence-electron chi connectivity index (χ0n) is 21.5. The smallest absolute Gasteiger partial charge is 0.256 e. The summed E-state index contributed by atoms with van der Waals surface area (Å²) in [5, 5.41) is 0. The Kier molecular flexibility index (Phi) is 11.0. The monoisotopic (exact) mass is 495 g/mol. The first kappa shape index (κ1) is 27.4. The number of carbonyl (C=O) groups is 2. The molecule has 0 atom stereocenters. The highest BCUT2D eigenvalue weighted by Crippen LogP contribution is 2.19. The maximum absolute atomic E-state index is 14.0.